The Balaban J connectivity index is 0. The molecule has 0 rings (SSSR count). The molecule has 0 aliphatic rings. The quantitative estimate of drug-likeness (QED) is 0.186. The zero-order valence-electron chi connectivity index (χ0n) is 2.94. The summed E-state index contributed by atoms with van der Waals surface area (Å²) < 4.78 is 0. The summed E-state index contributed by atoms with van der Waals surface area (Å²) in [4.78, 5) is 1.50. The Kier molecular flexibility index (Phi) is 43.6. The summed E-state index contributed by atoms with van der Waals surface area (Å²) in [5, 5.41) is 14.2. The topological polar surface area (TPSA) is 99.2 Å². The van der Waals surface area contributed by atoms with Crippen LogP contribution in [0.3, 0.4) is 0 Å². The van der Waals surface area contributed by atoms with Crippen LogP contribution in [0.1, 0.15) is 0 Å². The Labute approximate surface area is 34.3 Å². The molecule has 0 bridgehead atoms. The summed E-state index contributed by atoms with van der Waals surface area (Å²) in [6.07, 6.45) is 0. The molecule has 6 heavy (non-hydrogen) atoms. The smallest absolute Gasteiger partial charge is 0.140 e. The van der Waals surface area contributed by atoms with E-state index >= 15 is 0 Å². The maximum atomic E-state index is 7.12. The molecule has 0 heterocycles. The number of hydrogen-bond acceptors (Lipinski definition) is 2. The Bertz CT molecular complexity index is 38.1. The van der Waals surface area contributed by atoms with Crippen LogP contribution in [0.2, 0.25) is 0 Å². The fourth-order valence-corrected chi connectivity index (χ4v) is 0. The average Bonchev–Trinajstić information content (AvgIpc) is 1.39. The third-order valence-corrected chi connectivity index (χ3v) is 0. The van der Waals surface area contributed by atoms with Crippen molar-refractivity contribution in [1.82, 2.24) is 0 Å². The van der Waals surface area contributed by atoms with Crippen molar-refractivity contribution in [2.75, 3.05) is 6.79 Å². The van der Waals surface area contributed by atoms with Crippen molar-refractivity contribution in [3.8, 4) is 0 Å². The number of rotatable bonds is 0. The molecule has 5 nitrogen and oxygen atoms in total. The van der Waals surface area contributed by atoms with Gasteiger partial charge < -0.3 is 21.3 Å². The van der Waals surface area contributed by atoms with Crippen molar-refractivity contribution in [2.24, 2.45) is 0 Å². The van der Waals surface area contributed by atoms with Crippen LogP contribution >= 0.6 is 0 Å². The van der Waals surface area contributed by atoms with E-state index in [0.29, 0.717) is 0 Å². The predicted molar refractivity (Wildman–Crippen MR) is 19.4 cm³/mol. The van der Waals surface area contributed by atoms with Gasteiger partial charge in [0, 0.05) is 0 Å². The van der Waals surface area contributed by atoms with Crippen LogP contribution in [0.5, 0.6) is 0 Å². The molecule has 0 radical (unpaired) electrons. The lowest BCUT2D eigenvalue weighted by Crippen LogP contribution is -1.66. The molecule has 0 aromatic carbocycles. The highest BCUT2D eigenvalue weighted by atomic mass is 16.5. The van der Waals surface area contributed by atoms with E-state index in [1.165, 1.54) is 4.91 Å². The Morgan fingerprint density at radius 2 is 1.33 bits per heavy atom. The zero-order chi connectivity index (χ0) is 5.41. The fourth-order valence-electron chi connectivity index (χ4n) is 0. The van der Waals surface area contributed by atoms with E-state index in [0.717, 1.165) is 0 Å². The van der Waals surface area contributed by atoms with Crippen molar-refractivity contribution in [2.45, 2.75) is 0 Å². The standard InChI is InChI=1S/CH4O2.N3/c2-1-3;1-3-2/h2-3H,1H2;/q;-1. The van der Waals surface area contributed by atoms with Crippen LogP contribution in [0.4, 0.5) is 0 Å². The molecule has 0 saturated heterocycles. The number of hydrogen-bond donors (Lipinski definition) is 2. The van der Waals surface area contributed by atoms with Crippen LogP contribution in [-0.4, -0.2) is 17.0 Å². The van der Waals surface area contributed by atoms with Gasteiger partial charge in [0.25, 0.3) is 0 Å². The van der Waals surface area contributed by atoms with Crippen molar-refractivity contribution in [3.05, 3.63) is 16.0 Å². The van der Waals surface area contributed by atoms with E-state index in [9.17, 15) is 0 Å². The second-order valence-corrected chi connectivity index (χ2v) is 0.231. The van der Waals surface area contributed by atoms with Crippen molar-refractivity contribution in [1.29, 1.82) is 0 Å². The molecule has 5 heteroatoms. The molecule has 0 unspecified atom stereocenters. The molecule has 0 aromatic heterocycles. The summed E-state index contributed by atoms with van der Waals surface area (Å²) in [7, 11) is 0. The molecular weight excluding hydrogens is 86.0 g/mol. The Morgan fingerprint density at radius 3 is 1.33 bits per heavy atom. The summed E-state index contributed by atoms with van der Waals surface area (Å²) in [6.45, 7) is -0.750. The van der Waals surface area contributed by atoms with Crippen LogP contribution in [0.25, 0.3) is 16.0 Å². The lowest BCUT2D eigenvalue weighted by molar-refractivity contribution is 0.0773. The van der Waals surface area contributed by atoms with Gasteiger partial charge >= 0.3 is 0 Å². The van der Waals surface area contributed by atoms with Crippen molar-refractivity contribution >= 4 is 0 Å². The SMILES string of the molecule is OCO.[N-]=[N+]=[N-]. The monoisotopic (exact) mass is 90.0 g/mol. The van der Waals surface area contributed by atoms with Crippen LogP contribution in [0, 0.1) is 0 Å². The summed E-state index contributed by atoms with van der Waals surface area (Å²) in [5.41, 5.74) is 13.5. The van der Waals surface area contributed by atoms with Gasteiger partial charge in [0.05, 0.1) is 0 Å². The first-order chi connectivity index (χ1) is 2.83. The lowest BCUT2D eigenvalue weighted by Gasteiger charge is -1.55. The Morgan fingerprint density at radius 1 is 1.33 bits per heavy atom. The number of aliphatic hydroxyl groups is 2. The fraction of sp³-hybridized carbons (Fsp3) is 1.00. The number of nitrogens with zero attached hydrogens (tertiary/aromatic N) is 3. The van der Waals surface area contributed by atoms with Gasteiger partial charge in [-0.1, -0.05) is 0 Å². The lowest BCUT2D eigenvalue weighted by atomic mass is 11.6. The van der Waals surface area contributed by atoms with Gasteiger partial charge in [-0.3, -0.25) is 4.91 Å². The molecule has 0 aromatic rings. The van der Waals surface area contributed by atoms with Crippen LogP contribution < -0.4 is 0 Å². The maximum Gasteiger partial charge on any atom is 0.140 e. The first-order valence-electron chi connectivity index (χ1n) is 1.03. The minimum absolute atomic E-state index is 0.750. The van der Waals surface area contributed by atoms with Gasteiger partial charge in [0.15, 0.2) is 0 Å². The zero-order valence-corrected chi connectivity index (χ0v) is 2.94. The van der Waals surface area contributed by atoms with E-state index in [4.69, 9.17) is 21.3 Å². The predicted octanol–water partition coefficient (Wildman–Crippen LogP) is -0.205. The van der Waals surface area contributed by atoms with Crippen LogP contribution in [-0.2, 0) is 0 Å². The maximum absolute atomic E-state index is 7.12. The van der Waals surface area contributed by atoms with Gasteiger partial charge in [-0.25, -0.2) is 0 Å². The first-order valence-corrected chi connectivity index (χ1v) is 1.03. The summed E-state index contributed by atoms with van der Waals surface area (Å²) in [5.74, 6) is 0. The molecule has 2 N–H and O–H groups in total. The van der Waals surface area contributed by atoms with E-state index in [2.05, 4.69) is 0 Å². The second kappa shape index (κ2) is 29.2. The molecule has 36 valence electrons. The Hall–Kier alpha value is -0.770. The molecule has 0 fully saturated rings. The first kappa shape index (κ1) is 8.97. The minimum atomic E-state index is -0.750. The second-order valence-electron chi connectivity index (χ2n) is 0.231. The van der Waals surface area contributed by atoms with E-state index in [-0.39, 0.29) is 0 Å². The normalized spacial score (nSPS) is 4.33. The van der Waals surface area contributed by atoms with Gasteiger partial charge in [0.2, 0.25) is 0 Å². The molecule has 0 atom stereocenters. The van der Waals surface area contributed by atoms with E-state index in [1.807, 2.05) is 0 Å². The third kappa shape index (κ3) is 27.1. The highest BCUT2D eigenvalue weighted by Crippen LogP contribution is 1.29. The van der Waals surface area contributed by atoms with Gasteiger partial charge in [-0.2, -0.15) is 0 Å². The molecule has 0 saturated carbocycles. The van der Waals surface area contributed by atoms with E-state index < -0.39 is 6.79 Å². The number of aliphatic hydroxyl groups excluding tert-OH is 1. The third-order valence-electron chi connectivity index (χ3n) is 0. The molecular formula is CH4N3O2-. The summed E-state index contributed by atoms with van der Waals surface area (Å²) in [6, 6.07) is 0. The van der Waals surface area contributed by atoms with Gasteiger partial charge in [0.1, 0.15) is 6.79 Å². The highest BCUT2D eigenvalue weighted by Gasteiger charge is 1.32. The van der Waals surface area contributed by atoms with Gasteiger partial charge in [-0.05, 0) is 0 Å². The minimum Gasteiger partial charge on any atom is -0.373 e. The highest BCUT2D eigenvalue weighted by molar-refractivity contribution is 4.36. The summed E-state index contributed by atoms with van der Waals surface area (Å²) >= 11 is 0. The van der Waals surface area contributed by atoms with Crippen molar-refractivity contribution in [3.63, 3.8) is 0 Å². The molecule has 0 amide bonds. The molecule has 0 aliphatic carbocycles. The van der Waals surface area contributed by atoms with Crippen LogP contribution in [0.15, 0.2) is 0 Å². The van der Waals surface area contributed by atoms with Crippen molar-refractivity contribution < 1.29 is 10.2 Å². The van der Waals surface area contributed by atoms with E-state index in [1.54, 1.807) is 0 Å². The molecule has 0 aliphatic heterocycles. The molecule has 0 spiro atoms. The largest absolute Gasteiger partial charge is 0.373 e. The average molecular weight is 90.1 g/mol. The van der Waals surface area contributed by atoms with Gasteiger partial charge in [-0.15, -0.1) is 0 Å².